The molecule has 0 saturated carbocycles. The lowest BCUT2D eigenvalue weighted by atomic mass is 10.2. The number of anilines is 1. The Balaban J connectivity index is 1.60. The number of rotatable bonds is 6. The van der Waals surface area contributed by atoms with Crippen molar-refractivity contribution in [2.24, 2.45) is 0 Å². The normalized spacial score (nSPS) is 10.7. The first-order valence-electron chi connectivity index (χ1n) is 7.60. The van der Waals surface area contributed by atoms with E-state index in [1.165, 1.54) is 21.9 Å². The van der Waals surface area contributed by atoms with E-state index >= 15 is 0 Å². The van der Waals surface area contributed by atoms with Gasteiger partial charge in [0.2, 0.25) is 16.0 Å². The Kier molecular flexibility index (Phi) is 4.85. The number of hydrogen-bond donors (Lipinski definition) is 2. The molecule has 3 rings (SSSR count). The molecule has 0 bridgehead atoms. The average molecular weight is 343 g/mol. The highest BCUT2D eigenvalue weighted by molar-refractivity contribution is 7.20. The lowest BCUT2D eigenvalue weighted by Crippen LogP contribution is -2.29. The molecule has 0 aliphatic carbocycles. The standard InChI is InChI=1S/C16H17N5O2S/c1-2-12-8-14(23)21-16(19-12)24-15(20-21)18-10-13(22)17-9-11-6-4-3-5-7-11/h3-8H,2,9-10H2,1H3,(H,17,22)(H,18,20). The van der Waals surface area contributed by atoms with Gasteiger partial charge in [0.25, 0.3) is 5.56 Å². The molecule has 8 heteroatoms. The van der Waals surface area contributed by atoms with E-state index in [-0.39, 0.29) is 18.0 Å². The Morgan fingerprint density at radius 3 is 2.83 bits per heavy atom. The SMILES string of the molecule is CCc1cc(=O)n2nc(NCC(=O)NCc3ccccc3)sc2n1. The van der Waals surface area contributed by atoms with Crippen LogP contribution in [0.3, 0.4) is 0 Å². The molecular formula is C16H17N5O2S. The molecule has 0 unspecified atom stereocenters. The lowest BCUT2D eigenvalue weighted by molar-refractivity contribution is -0.119. The summed E-state index contributed by atoms with van der Waals surface area (Å²) in [6, 6.07) is 11.2. The molecule has 0 spiro atoms. The van der Waals surface area contributed by atoms with Crippen LogP contribution in [0.2, 0.25) is 0 Å². The fraction of sp³-hybridized carbons (Fsp3) is 0.250. The molecule has 2 aromatic heterocycles. The predicted octanol–water partition coefficient (Wildman–Crippen LogP) is 1.44. The third kappa shape index (κ3) is 3.77. The summed E-state index contributed by atoms with van der Waals surface area (Å²) in [7, 11) is 0. The van der Waals surface area contributed by atoms with Gasteiger partial charge < -0.3 is 10.6 Å². The van der Waals surface area contributed by atoms with Crippen molar-refractivity contribution in [3.63, 3.8) is 0 Å². The third-order valence-corrected chi connectivity index (χ3v) is 4.26. The summed E-state index contributed by atoms with van der Waals surface area (Å²) in [5.41, 5.74) is 1.55. The molecule has 0 atom stereocenters. The molecule has 3 aromatic rings. The molecule has 0 aliphatic rings. The van der Waals surface area contributed by atoms with E-state index in [4.69, 9.17) is 0 Å². The second-order valence-corrected chi connectivity index (χ2v) is 6.11. The Labute approximate surface area is 142 Å². The first kappa shape index (κ1) is 16.1. The van der Waals surface area contributed by atoms with Gasteiger partial charge in [-0.05, 0) is 12.0 Å². The van der Waals surface area contributed by atoms with Gasteiger partial charge in [0.15, 0.2) is 0 Å². The van der Waals surface area contributed by atoms with Gasteiger partial charge in [-0.3, -0.25) is 9.59 Å². The summed E-state index contributed by atoms with van der Waals surface area (Å²) in [6.07, 6.45) is 0.689. The smallest absolute Gasteiger partial charge is 0.275 e. The minimum Gasteiger partial charge on any atom is -0.351 e. The monoisotopic (exact) mass is 343 g/mol. The van der Waals surface area contributed by atoms with Crippen LogP contribution in [0.5, 0.6) is 0 Å². The Morgan fingerprint density at radius 2 is 2.08 bits per heavy atom. The zero-order valence-corrected chi connectivity index (χ0v) is 14.0. The molecule has 1 amide bonds. The maximum Gasteiger partial charge on any atom is 0.275 e. The molecule has 7 nitrogen and oxygen atoms in total. The van der Waals surface area contributed by atoms with Crippen LogP contribution in [-0.4, -0.2) is 27.0 Å². The largest absolute Gasteiger partial charge is 0.351 e. The number of carbonyl (C=O) groups is 1. The number of fused-ring (bicyclic) bond motifs is 1. The summed E-state index contributed by atoms with van der Waals surface area (Å²) in [4.78, 5) is 28.7. The van der Waals surface area contributed by atoms with E-state index < -0.39 is 0 Å². The minimum absolute atomic E-state index is 0.0854. The van der Waals surface area contributed by atoms with E-state index in [2.05, 4.69) is 20.7 Å². The van der Waals surface area contributed by atoms with Crippen LogP contribution >= 0.6 is 11.3 Å². The van der Waals surface area contributed by atoms with E-state index in [9.17, 15) is 9.59 Å². The lowest BCUT2D eigenvalue weighted by Gasteiger charge is -2.05. The van der Waals surface area contributed by atoms with Crippen LogP contribution in [0.4, 0.5) is 5.13 Å². The van der Waals surface area contributed by atoms with Gasteiger partial charge in [0, 0.05) is 18.3 Å². The van der Waals surface area contributed by atoms with Gasteiger partial charge in [-0.2, -0.15) is 4.52 Å². The third-order valence-electron chi connectivity index (χ3n) is 3.39. The van der Waals surface area contributed by atoms with Gasteiger partial charge in [-0.1, -0.05) is 48.6 Å². The van der Waals surface area contributed by atoms with Crippen molar-refractivity contribution in [3.8, 4) is 0 Å². The van der Waals surface area contributed by atoms with Crippen LogP contribution < -0.4 is 16.2 Å². The Morgan fingerprint density at radius 1 is 1.29 bits per heavy atom. The van der Waals surface area contributed by atoms with Crippen LogP contribution in [-0.2, 0) is 17.8 Å². The predicted molar refractivity (Wildman–Crippen MR) is 93.3 cm³/mol. The highest BCUT2D eigenvalue weighted by atomic mass is 32.1. The number of nitrogens with zero attached hydrogens (tertiary/aromatic N) is 3. The van der Waals surface area contributed by atoms with E-state index in [1.807, 2.05) is 37.3 Å². The van der Waals surface area contributed by atoms with E-state index in [1.54, 1.807) is 0 Å². The summed E-state index contributed by atoms with van der Waals surface area (Å²) >= 11 is 1.25. The number of aromatic nitrogens is 3. The van der Waals surface area contributed by atoms with Gasteiger partial charge in [-0.25, -0.2) is 4.98 Å². The second-order valence-electron chi connectivity index (χ2n) is 5.16. The number of nitrogens with one attached hydrogen (secondary N) is 2. The van der Waals surface area contributed by atoms with Crippen molar-refractivity contribution in [2.75, 3.05) is 11.9 Å². The van der Waals surface area contributed by atoms with Crippen LogP contribution in [0, 0.1) is 0 Å². The quantitative estimate of drug-likeness (QED) is 0.707. The number of aryl methyl sites for hydroxylation is 1. The average Bonchev–Trinajstić information content (AvgIpc) is 3.02. The first-order valence-corrected chi connectivity index (χ1v) is 8.41. The van der Waals surface area contributed by atoms with Crippen molar-refractivity contribution in [3.05, 3.63) is 58.0 Å². The summed E-state index contributed by atoms with van der Waals surface area (Å²) in [5.74, 6) is -0.146. The molecule has 24 heavy (non-hydrogen) atoms. The topological polar surface area (TPSA) is 88.4 Å². The fourth-order valence-electron chi connectivity index (χ4n) is 2.12. The highest BCUT2D eigenvalue weighted by Crippen LogP contribution is 2.16. The van der Waals surface area contributed by atoms with Crippen molar-refractivity contribution in [1.29, 1.82) is 0 Å². The first-order chi connectivity index (χ1) is 11.7. The number of amides is 1. The maximum absolute atomic E-state index is 11.9. The van der Waals surface area contributed by atoms with Crippen molar-refractivity contribution in [2.45, 2.75) is 19.9 Å². The zero-order chi connectivity index (χ0) is 16.9. The van der Waals surface area contributed by atoms with Crippen LogP contribution in [0.1, 0.15) is 18.2 Å². The zero-order valence-electron chi connectivity index (χ0n) is 13.2. The van der Waals surface area contributed by atoms with E-state index in [0.29, 0.717) is 23.1 Å². The molecule has 0 aliphatic heterocycles. The fourth-order valence-corrected chi connectivity index (χ4v) is 2.94. The molecular weight excluding hydrogens is 326 g/mol. The molecule has 0 saturated heterocycles. The number of benzene rings is 1. The summed E-state index contributed by atoms with van der Waals surface area (Å²) in [5, 5.41) is 10.4. The molecule has 2 N–H and O–H groups in total. The van der Waals surface area contributed by atoms with Crippen LogP contribution in [0.25, 0.3) is 4.96 Å². The van der Waals surface area contributed by atoms with Crippen LogP contribution in [0.15, 0.2) is 41.2 Å². The molecule has 1 aromatic carbocycles. The maximum atomic E-state index is 11.9. The van der Waals surface area contributed by atoms with E-state index in [0.717, 1.165) is 11.3 Å². The molecule has 124 valence electrons. The molecule has 2 heterocycles. The van der Waals surface area contributed by atoms with Crippen molar-refractivity contribution >= 4 is 27.3 Å². The molecule has 0 radical (unpaired) electrons. The minimum atomic E-state index is -0.213. The highest BCUT2D eigenvalue weighted by Gasteiger charge is 2.09. The van der Waals surface area contributed by atoms with Gasteiger partial charge >= 0.3 is 0 Å². The second kappa shape index (κ2) is 7.22. The van der Waals surface area contributed by atoms with Crippen molar-refractivity contribution < 1.29 is 4.79 Å². The summed E-state index contributed by atoms with van der Waals surface area (Å²) < 4.78 is 1.24. The number of carbonyl (C=O) groups excluding carboxylic acids is 1. The summed E-state index contributed by atoms with van der Waals surface area (Å²) in [6.45, 7) is 2.50. The van der Waals surface area contributed by atoms with Crippen molar-refractivity contribution in [1.82, 2.24) is 19.9 Å². The molecule has 0 fully saturated rings. The van der Waals surface area contributed by atoms with Gasteiger partial charge in [0.1, 0.15) is 0 Å². The number of hydrogen-bond acceptors (Lipinski definition) is 6. The van der Waals surface area contributed by atoms with Gasteiger partial charge in [-0.15, -0.1) is 5.10 Å². The Hall–Kier alpha value is -2.74. The Bertz CT molecular complexity index is 904. The van der Waals surface area contributed by atoms with Gasteiger partial charge in [0.05, 0.1) is 6.54 Å².